The fourth-order valence-corrected chi connectivity index (χ4v) is 4.13. The molecular formula is C23H18FN3O4S. The summed E-state index contributed by atoms with van der Waals surface area (Å²) in [5.74, 6) is -0.751. The number of nitrogens with zero attached hydrogens (tertiary/aromatic N) is 1. The second-order valence-corrected chi connectivity index (χ2v) is 8.50. The van der Waals surface area contributed by atoms with Gasteiger partial charge in [-0.3, -0.25) is 9.52 Å². The molecule has 0 aliphatic carbocycles. The van der Waals surface area contributed by atoms with Gasteiger partial charge in [0.25, 0.3) is 15.9 Å². The van der Waals surface area contributed by atoms with Gasteiger partial charge in [0.2, 0.25) is 0 Å². The lowest BCUT2D eigenvalue weighted by atomic mass is 10.2. The SMILES string of the molecule is COc1ccc(NC(=O)c2ccc3ccccc3n2)cc1NS(=O)(=O)c1ccc(F)cc1. The van der Waals surface area contributed by atoms with Crippen molar-refractivity contribution in [1.82, 2.24) is 4.98 Å². The van der Waals surface area contributed by atoms with Crippen LogP contribution in [0.2, 0.25) is 0 Å². The molecule has 9 heteroatoms. The number of aromatic nitrogens is 1. The molecule has 162 valence electrons. The molecule has 3 aromatic carbocycles. The number of methoxy groups -OCH3 is 1. The van der Waals surface area contributed by atoms with Gasteiger partial charge in [-0.05, 0) is 54.6 Å². The molecule has 7 nitrogen and oxygen atoms in total. The topological polar surface area (TPSA) is 97.4 Å². The van der Waals surface area contributed by atoms with Crippen LogP contribution in [0.5, 0.6) is 5.75 Å². The number of rotatable bonds is 6. The van der Waals surface area contributed by atoms with Crippen molar-refractivity contribution in [2.45, 2.75) is 4.90 Å². The van der Waals surface area contributed by atoms with E-state index in [2.05, 4.69) is 15.0 Å². The fourth-order valence-electron chi connectivity index (χ4n) is 3.07. The molecular weight excluding hydrogens is 433 g/mol. The number of carbonyl (C=O) groups is 1. The van der Waals surface area contributed by atoms with Gasteiger partial charge in [-0.2, -0.15) is 0 Å². The monoisotopic (exact) mass is 451 g/mol. The van der Waals surface area contributed by atoms with Crippen LogP contribution < -0.4 is 14.8 Å². The number of carbonyl (C=O) groups excluding carboxylic acids is 1. The molecule has 2 N–H and O–H groups in total. The number of amides is 1. The van der Waals surface area contributed by atoms with Gasteiger partial charge in [-0.15, -0.1) is 0 Å². The lowest BCUT2D eigenvalue weighted by molar-refractivity contribution is 0.102. The predicted octanol–water partition coefficient (Wildman–Crippen LogP) is 4.44. The largest absolute Gasteiger partial charge is 0.495 e. The summed E-state index contributed by atoms with van der Waals surface area (Å²) in [5, 5.41) is 3.61. The Morgan fingerprint density at radius 1 is 0.969 bits per heavy atom. The summed E-state index contributed by atoms with van der Waals surface area (Å²) in [4.78, 5) is 16.9. The number of anilines is 2. The van der Waals surface area contributed by atoms with Crippen LogP contribution in [0, 0.1) is 5.82 Å². The minimum atomic E-state index is -4.01. The number of ether oxygens (including phenoxy) is 1. The third-order valence-corrected chi connectivity index (χ3v) is 6.04. The van der Waals surface area contributed by atoms with Crippen LogP contribution in [0.4, 0.5) is 15.8 Å². The zero-order chi connectivity index (χ0) is 22.7. The molecule has 1 aromatic heterocycles. The second kappa shape index (κ2) is 8.64. The van der Waals surface area contributed by atoms with Gasteiger partial charge in [-0.1, -0.05) is 24.3 Å². The normalized spacial score (nSPS) is 11.2. The van der Waals surface area contributed by atoms with Gasteiger partial charge in [0.05, 0.1) is 23.2 Å². The Bertz CT molecular complexity index is 1410. The van der Waals surface area contributed by atoms with E-state index in [1.807, 2.05) is 24.3 Å². The smallest absolute Gasteiger partial charge is 0.274 e. The highest BCUT2D eigenvalue weighted by atomic mass is 32.2. The summed E-state index contributed by atoms with van der Waals surface area (Å²) >= 11 is 0. The fraction of sp³-hybridized carbons (Fsp3) is 0.0435. The van der Waals surface area contributed by atoms with Crippen molar-refractivity contribution in [3.63, 3.8) is 0 Å². The zero-order valence-corrected chi connectivity index (χ0v) is 17.7. The molecule has 4 rings (SSSR count). The van der Waals surface area contributed by atoms with Crippen LogP contribution >= 0.6 is 0 Å². The minimum absolute atomic E-state index is 0.112. The van der Waals surface area contributed by atoms with Gasteiger partial charge < -0.3 is 10.1 Å². The second-order valence-electron chi connectivity index (χ2n) is 6.82. The molecule has 0 fully saturated rings. The van der Waals surface area contributed by atoms with Crippen LogP contribution in [0.1, 0.15) is 10.5 Å². The summed E-state index contributed by atoms with van der Waals surface area (Å²) in [6.45, 7) is 0. The first-order valence-corrected chi connectivity index (χ1v) is 11.0. The van der Waals surface area contributed by atoms with E-state index in [0.29, 0.717) is 11.2 Å². The summed E-state index contributed by atoms with van der Waals surface area (Å²) < 4.78 is 46.1. The maximum Gasteiger partial charge on any atom is 0.274 e. The third-order valence-electron chi connectivity index (χ3n) is 4.66. The van der Waals surface area contributed by atoms with Gasteiger partial charge >= 0.3 is 0 Å². The Balaban J connectivity index is 1.59. The quantitative estimate of drug-likeness (QED) is 0.452. The maximum atomic E-state index is 13.1. The van der Waals surface area contributed by atoms with Crippen molar-refractivity contribution in [3.05, 3.63) is 90.4 Å². The van der Waals surface area contributed by atoms with Crippen LogP contribution in [0.3, 0.4) is 0 Å². The molecule has 4 aromatic rings. The number of fused-ring (bicyclic) bond motifs is 1. The summed E-state index contributed by atoms with van der Waals surface area (Å²) in [6, 6.07) is 19.8. The number of hydrogen-bond acceptors (Lipinski definition) is 5. The molecule has 0 saturated heterocycles. The number of hydrogen-bond donors (Lipinski definition) is 2. The molecule has 0 radical (unpaired) electrons. The first kappa shape index (κ1) is 21.3. The van der Waals surface area contributed by atoms with Gasteiger partial charge in [0.15, 0.2) is 0 Å². The predicted molar refractivity (Wildman–Crippen MR) is 120 cm³/mol. The zero-order valence-electron chi connectivity index (χ0n) is 16.9. The van der Waals surface area contributed by atoms with Crippen molar-refractivity contribution < 1.29 is 22.3 Å². The van der Waals surface area contributed by atoms with Crippen LogP contribution in [-0.4, -0.2) is 26.4 Å². The number of nitrogens with one attached hydrogen (secondary N) is 2. The van der Waals surface area contributed by atoms with E-state index < -0.39 is 21.7 Å². The number of sulfonamides is 1. The van der Waals surface area contributed by atoms with E-state index in [4.69, 9.17) is 4.74 Å². The van der Waals surface area contributed by atoms with E-state index in [0.717, 1.165) is 29.7 Å². The minimum Gasteiger partial charge on any atom is -0.495 e. The van der Waals surface area contributed by atoms with Gasteiger partial charge in [0, 0.05) is 11.1 Å². The van der Waals surface area contributed by atoms with E-state index in [-0.39, 0.29) is 22.0 Å². The molecule has 1 heterocycles. The van der Waals surface area contributed by atoms with Crippen molar-refractivity contribution in [1.29, 1.82) is 0 Å². The molecule has 32 heavy (non-hydrogen) atoms. The Kier molecular flexibility index (Phi) is 5.74. The van der Waals surface area contributed by atoms with Gasteiger partial charge in [-0.25, -0.2) is 17.8 Å². The number of benzene rings is 3. The summed E-state index contributed by atoms with van der Waals surface area (Å²) in [6.07, 6.45) is 0. The first-order chi connectivity index (χ1) is 15.4. The Labute approximate surface area is 183 Å². The molecule has 0 spiro atoms. The molecule has 1 amide bonds. The average molecular weight is 451 g/mol. The standard InChI is InChI=1S/C23H18FN3O4S/c1-31-22-13-9-17(14-21(22)27-32(29,30)18-10-7-16(24)8-11-18)25-23(28)20-12-6-15-4-2-3-5-19(15)26-20/h2-14,27H,1H3,(H,25,28). The Hall–Kier alpha value is -3.98. The lowest BCUT2D eigenvalue weighted by Gasteiger charge is -2.14. The Morgan fingerprint density at radius 2 is 1.72 bits per heavy atom. The van der Waals surface area contributed by atoms with Crippen molar-refractivity contribution in [2.75, 3.05) is 17.1 Å². The highest BCUT2D eigenvalue weighted by molar-refractivity contribution is 7.92. The molecule has 0 unspecified atom stereocenters. The highest BCUT2D eigenvalue weighted by Gasteiger charge is 2.18. The molecule has 0 atom stereocenters. The highest BCUT2D eigenvalue weighted by Crippen LogP contribution is 2.30. The van der Waals surface area contributed by atoms with Gasteiger partial charge in [0.1, 0.15) is 17.3 Å². The number of pyridine rings is 1. The maximum absolute atomic E-state index is 13.1. The Morgan fingerprint density at radius 3 is 2.47 bits per heavy atom. The summed E-state index contributed by atoms with van der Waals surface area (Å²) in [5.41, 5.74) is 1.35. The van der Waals surface area contributed by atoms with Crippen LogP contribution in [0.25, 0.3) is 10.9 Å². The van der Waals surface area contributed by atoms with Crippen LogP contribution in [-0.2, 0) is 10.0 Å². The number of para-hydroxylation sites is 1. The van der Waals surface area contributed by atoms with E-state index in [9.17, 15) is 17.6 Å². The lowest BCUT2D eigenvalue weighted by Crippen LogP contribution is -2.16. The molecule has 0 aliphatic rings. The average Bonchev–Trinajstić information content (AvgIpc) is 2.79. The van der Waals surface area contributed by atoms with E-state index in [1.165, 1.54) is 19.2 Å². The van der Waals surface area contributed by atoms with Crippen molar-refractivity contribution in [2.24, 2.45) is 0 Å². The number of halogens is 1. The van der Waals surface area contributed by atoms with E-state index in [1.54, 1.807) is 18.2 Å². The third kappa shape index (κ3) is 4.52. The first-order valence-electron chi connectivity index (χ1n) is 9.49. The molecule has 0 aliphatic heterocycles. The van der Waals surface area contributed by atoms with Crippen molar-refractivity contribution in [3.8, 4) is 5.75 Å². The molecule has 0 bridgehead atoms. The molecule has 0 saturated carbocycles. The van der Waals surface area contributed by atoms with Crippen LogP contribution in [0.15, 0.2) is 83.8 Å². The van der Waals surface area contributed by atoms with E-state index >= 15 is 0 Å². The van der Waals surface area contributed by atoms with Crippen molar-refractivity contribution >= 4 is 38.2 Å². The summed E-state index contributed by atoms with van der Waals surface area (Å²) in [7, 11) is -2.61.